The van der Waals surface area contributed by atoms with Gasteiger partial charge in [-0.3, -0.25) is 4.98 Å². The second-order valence-electron chi connectivity index (χ2n) is 5.24. The third-order valence-corrected chi connectivity index (χ3v) is 5.04. The van der Waals surface area contributed by atoms with E-state index in [1.807, 2.05) is 11.0 Å². The average Bonchev–Trinajstić information content (AvgIpc) is 2.64. The molecule has 150 valence electrons. The molecule has 0 aliphatic carbocycles. The zero-order valence-corrected chi connectivity index (χ0v) is 17.7. The topological polar surface area (TPSA) is 82.9 Å². The molecule has 2 heterocycles. The molecule has 0 saturated heterocycles. The molecule has 2 N–H and O–H groups in total. The largest absolute Gasteiger partial charge is 0.506 e. The summed E-state index contributed by atoms with van der Waals surface area (Å²) < 4.78 is 38.5. The Morgan fingerprint density at radius 1 is 1.29 bits per heavy atom. The lowest BCUT2D eigenvalue weighted by Gasteiger charge is -2.31. The van der Waals surface area contributed by atoms with E-state index in [0.717, 1.165) is 17.0 Å². The minimum Gasteiger partial charge on any atom is -0.506 e. The summed E-state index contributed by atoms with van der Waals surface area (Å²) in [6.45, 7) is 1.23. The van der Waals surface area contributed by atoms with Gasteiger partial charge in [0.1, 0.15) is 28.8 Å². The van der Waals surface area contributed by atoms with Gasteiger partial charge < -0.3 is 19.8 Å². The molecule has 0 saturated carbocycles. The zero-order chi connectivity index (χ0) is 21.1. The molecule has 0 atom stereocenters. The number of rotatable bonds is 1. The fourth-order valence-corrected chi connectivity index (χ4v) is 3.62. The Kier molecular flexibility index (Phi) is 7.23. The lowest BCUT2D eigenvalue weighted by atomic mass is 10.2. The predicted octanol–water partition coefficient (Wildman–Crippen LogP) is 4.52. The number of halogens is 5. The number of carboxylic acid groups (broad SMARTS) is 1. The summed E-state index contributed by atoms with van der Waals surface area (Å²) >= 11 is 12.2. The lowest BCUT2D eigenvalue weighted by molar-refractivity contribution is -0.192. The summed E-state index contributed by atoms with van der Waals surface area (Å²) in [5, 5.41) is 16.9. The highest BCUT2D eigenvalue weighted by Gasteiger charge is 2.38. The first-order valence-corrected chi connectivity index (χ1v) is 9.38. The van der Waals surface area contributed by atoms with E-state index in [2.05, 4.69) is 36.8 Å². The molecular formula is C16H11Br2F3N2O4S. The van der Waals surface area contributed by atoms with Gasteiger partial charge in [0.15, 0.2) is 0 Å². The summed E-state index contributed by atoms with van der Waals surface area (Å²) in [5.41, 5.74) is 1.69. The van der Waals surface area contributed by atoms with Crippen molar-refractivity contribution in [2.45, 2.75) is 6.18 Å². The van der Waals surface area contributed by atoms with Crippen LogP contribution in [0.15, 0.2) is 39.5 Å². The van der Waals surface area contributed by atoms with Crippen LogP contribution in [0.2, 0.25) is 0 Å². The first-order chi connectivity index (χ1) is 13.0. The molecule has 0 unspecified atom stereocenters. The molecule has 0 spiro atoms. The van der Waals surface area contributed by atoms with Crippen LogP contribution in [0.3, 0.4) is 0 Å². The van der Waals surface area contributed by atoms with E-state index in [1.165, 1.54) is 0 Å². The van der Waals surface area contributed by atoms with Gasteiger partial charge in [-0.25, -0.2) is 4.79 Å². The number of fused-ring (bicyclic) bond motifs is 1. The number of ether oxygens (including phenoxy) is 1. The molecule has 12 heteroatoms. The Labute approximate surface area is 179 Å². The van der Waals surface area contributed by atoms with Crippen LogP contribution in [0.25, 0.3) is 0 Å². The number of benzene rings is 1. The van der Waals surface area contributed by atoms with Gasteiger partial charge in [0.2, 0.25) is 0 Å². The molecule has 0 radical (unpaired) electrons. The molecule has 1 aromatic carbocycles. The molecule has 28 heavy (non-hydrogen) atoms. The highest BCUT2D eigenvalue weighted by Crippen LogP contribution is 2.36. The number of phenols is 1. The number of carbonyl (C=O) groups is 1. The molecular weight excluding hydrogens is 533 g/mol. The number of phenolic OH excluding ortho intramolecular Hbond substituents is 1. The maximum atomic E-state index is 10.6. The Bertz CT molecular complexity index is 889. The van der Waals surface area contributed by atoms with Gasteiger partial charge in [-0.1, -0.05) is 12.2 Å². The first kappa shape index (κ1) is 22.4. The van der Waals surface area contributed by atoms with Gasteiger partial charge in [-0.2, -0.15) is 13.2 Å². The summed E-state index contributed by atoms with van der Waals surface area (Å²) in [5.74, 6) is -1.83. The molecule has 1 aliphatic heterocycles. The second kappa shape index (κ2) is 9.05. The van der Waals surface area contributed by atoms with Crippen molar-refractivity contribution in [2.75, 3.05) is 18.1 Å². The number of aliphatic carboxylic acids is 1. The molecule has 6 nitrogen and oxygen atoms in total. The van der Waals surface area contributed by atoms with Crippen LogP contribution < -0.4 is 9.64 Å². The van der Waals surface area contributed by atoms with Crippen molar-refractivity contribution < 1.29 is 32.9 Å². The maximum Gasteiger partial charge on any atom is 0.490 e. The highest BCUT2D eigenvalue weighted by atomic mass is 79.9. The summed E-state index contributed by atoms with van der Waals surface area (Å²) in [4.78, 5) is 15.7. The smallest absolute Gasteiger partial charge is 0.490 e. The predicted molar refractivity (Wildman–Crippen MR) is 106 cm³/mol. The van der Waals surface area contributed by atoms with Crippen molar-refractivity contribution in [1.82, 2.24) is 4.98 Å². The van der Waals surface area contributed by atoms with Crippen molar-refractivity contribution in [2.24, 2.45) is 0 Å². The molecule has 1 aliphatic rings. The molecule has 2 aromatic rings. The fraction of sp³-hybridized carbons (Fsp3) is 0.188. The number of aromatic hydroxyl groups is 1. The number of hydrogen-bond acceptors (Lipinski definition) is 5. The first-order valence-electron chi connectivity index (χ1n) is 7.39. The number of aromatic nitrogens is 1. The van der Waals surface area contributed by atoms with Gasteiger partial charge in [-0.05, 0) is 44.0 Å². The zero-order valence-electron chi connectivity index (χ0n) is 13.7. The van der Waals surface area contributed by atoms with E-state index in [0.29, 0.717) is 27.1 Å². The van der Waals surface area contributed by atoms with E-state index in [-0.39, 0.29) is 5.75 Å². The van der Waals surface area contributed by atoms with E-state index in [1.54, 1.807) is 24.5 Å². The standard InChI is InChI=1S/C14H10Br2N2O2S.C2HF3O2/c15-9-5-8(6-10(16)13(9)19)14(21)18-3-4-20-12-1-2-17-7-11(12)18;3-2(4,5)1(6)7/h1-2,5-7,19H,3-4H2;(H,6,7). The highest BCUT2D eigenvalue weighted by molar-refractivity contribution is 9.11. The van der Waals surface area contributed by atoms with Crippen LogP contribution in [0.1, 0.15) is 5.56 Å². The van der Waals surface area contributed by atoms with Crippen LogP contribution in [-0.4, -0.2) is 45.5 Å². The van der Waals surface area contributed by atoms with E-state index in [4.69, 9.17) is 26.9 Å². The van der Waals surface area contributed by atoms with Crippen LogP contribution in [0.4, 0.5) is 18.9 Å². The average molecular weight is 544 g/mol. The number of nitrogens with zero attached hydrogens (tertiary/aromatic N) is 2. The minimum absolute atomic E-state index is 0.158. The third kappa shape index (κ3) is 5.32. The molecule has 0 fully saturated rings. The van der Waals surface area contributed by atoms with E-state index < -0.39 is 12.1 Å². The van der Waals surface area contributed by atoms with Gasteiger partial charge in [-0.15, -0.1) is 0 Å². The SMILES string of the molecule is O=C(O)C(F)(F)F.Oc1c(Br)cc(C(=S)N2CCOc3ccncc32)cc1Br. The number of thiocarbonyl (C=S) groups is 1. The third-order valence-electron chi connectivity index (χ3n) is 3.38. The van der Waals surface area contributed by atoms with E-state index >= 15 is 0 Å². The lowest BCUT2D eigenvalue weighted by Crippen LogP contribution is -2.37. The Morgan fingerprint density at radius 2 is 1.86 bits per heavy atom. The van der Waals surface area contributed by atoms with Crippen molar-refractivity contribution in [3.05, 3.63) is 45.1 Å². The van der Waals surface area contributed by atoms with Gasteiger partial charge in [0, 0.05) is 17.8 Å². The number of carboxylic acids is 1. The van der Waals surface area contributed by atoms with Gasteiger partial charge in [0.25, 0.3) is 0 Å². The van der Waals surface area contributed by atoms with Gasteiger partial charge in [0.05, 0.1) is 21.7 Å². The molecule has 1 aromatic heterocycles. The van der Waals surface area contributed by atoms with Crippen molar-refractivity contribution in [1.29, 1.82) is 0 Å². The monoisotopic (exact) mass is 542 g/mol. The quantitative estimate of drug-likeness (QED) is 0.512. The second-order valence-corrected chi connectivity index (χ2v) is 7.34. The molecule has 0 amide bonds. The molecule has 3 rings (SSSR count). The van der Waals surface area contributed by atoms with Crippen molar-refractivity contribution in [3.8, 4) is 11.5 Å². The maximum absolute atomic E-state index is 10.6. The van der Waals surface area contributed by atoms with Crippen LogP contribution in [0.5, 0.6) is 11.5 Å². The number of anilines is 1. The fourth-order valence-electron chi connectivity index (χ4n) is 2.12. The Hall–Kier alpha value is -1.92. The molecule has 0 bridgehead atoms. The van der Waals surface area contributed by atoms with Crippen molar-refractivity contribution in [3.63, 3.8) is 0 Å². The minimum atomic E-state index is -5.08. The number of alkyl halides is 3. The number of pyridine rings is 1. The summed E-state index contributed by atoms with van der Waals surface area (Å²) in [6.07, 6.45) is -1.65. The Balaban J connectivity index is 0.000000345. The van der Waals surface area contributed by atoms with Gasteiger partial charge >= 0.3 is 12.1 Å². The normalized spacial score (nSPS) is 13.0. The van der Waals surface area contributed by atoms with Crippen LogP contribution >= 0.6 is 44.1 Å². The van der Waals surface area contributed by atoms with Crippen molar-refractivity contribution >= 4 is 60.7 Å². The summed E-state index contributed by atoms with van der Waals surface area (Å²) in [7, 11) is 0. The van der Waals surface area contributed by atoms with E-state index in [9.17, 15) is 18.3 Å². The number of hydrogen-bond donors (Lipinski definition) is 2. The van der Waals surface area contributed by atoms with Crippen LogP contribution in [-0.2, 0) is 4.79 Å². The Morgan fingerprint density at radius 3 is 2.39 bits per heavy atom. The summed E-state index contributed by atoms with van der Waals surface area (Å²) in [6, 6.07) is 5.43. The van der Waals surface area contributed by atoms with Crippen LogP contribution in [0, 0.1) is 0 Å².